The van der Waals surface area contributed by atoms with Crippen LogP contribution in [0.25, 0.3) is 0 Å². The number of amides is 1. The van der Waals surface area contributed by atoms with Gasteiger partial charge in [0.15, 0.2) is 0 Å². The minimum atomic E-state index is -0.269. The number of carbonyl (C=O) groups excluding carboxylic acids is 1. The van der Waals surface area contributed by atoms with Crippen LogP contribution in [-0.4, -0.2) is 36.7 Å². The van der Waals surface area contributed by atoms with Gasteiger partial charge in [0, 0.05) is 14.0 Å². The quantitative estimate of drug-likeness (QED) is 0.780. The molecule has 0 aromatic heterocycles. The molecule has 2 aliphatic rings. The first kappa shape index (κ1) is 20.8. The third-order valence-electron chi connectivity index (χ3n) is 5.37. The molecule has 1 aliphatic heterocycles. The summed E-state index contributed by atoms with van der Waals surface area (Å²) in [5.74, 6) is 0.570. The van der Waals surface area contributed by atoms with Crippen molar-refractivity contribution in [2.75, 3.05) is 19.6 Å². The Morgan fingerprint density at radius 2 is 1.77 bits per heavy atom. The topological polar surface area (TPSA) is 41.6 Å². The van der Waals surface area contributed by atoms with E-state index in [4.69, 9.17) is 4.74 Å². The number of hydrogen-bond acceptors (Lipinski definition) is 3. The number of piperidine rings is 1. The van der Waals surface area contributed by atoms with E-state index >= 15 is 0 Å². The van der Waals surface area contributed by atoms with E-state index in [1.807, 2.05) is 44.2 Å². The maximum Gasteiger partial charge on any atom is 0.407 e. The van der Waals surface area contributed by atoms with Gasteiger partial charge in [0.2, 0.25) is 0 Å². The first-order valence-electron chi connectivity index (χ1n) is 10.5. The van der Waals surface area contributed by atoms with Crippen LogP contribution in [0.1, 0.15) is 65.8 Å². The standard InChI is InChI=1S/C20H30N2O2.C2H6.H2/c23-20(24-16-17-9-3-1-4-10-17)21-19-12-6-5-11-18(19)15-22-13-7-2-8-14-22;1-2;/h1,3-4,9-10,18-19H,2,5-8,11-16H2,(H,21,23);1-2H3;1H/t18-,19?;;/m0../s1. The highest BCUT2D eigenvalue weighted by Crippen LogP contribution is 2.26. The second kappa shape index (κ2) is 11.9. The van der Waals surface area contributed by atoms with E-state index in [2.05, 4.69) is 10.2 Å². The van der Waals surface area contributed by atoms with E-state index < -0.39 is 0 Å². The second-order valence-electron chi connectivity index (χ2n) is 7.22. The zero-order valence-corrected chi connectivity index (χ0v) is 16.6. The summed E-state index contributed by atoms with van der Waals surface area (Å²) in [6, 6.07) is 10.1. The molecular weight excluding hydrogens is 324 g/mol. The number of benzene rings is 1. The van der Waals surface area contributed by atoms with Crippen molar-refractivity contribution in [3.05, 3.63) is 35.9 Å². The zero-order chi connectivity index (χ0) is 18.6. The first-order valence-corrected chi connectivity index (χ1v) is 10.5. The van der Waals surface area contributed by atoms with Gasteiger partial charge in [0.05, 0.1) is 0 Å². The predicted molar refractivity (Wildman–Crippen MR) is 109 cm³/mol. The van der Waals surface area contributed by atoms with Gasteiger partial charge in [0.1, 0.15) is 6.61 Å². The van der Waals surface area contributed by atoms with Crippen molar-refractivity contribution in [1.29, 1.82) is 0 Å². The number of hydrogen-bond donors (Lipinski definition) is 1. The van der Waals surface area contributed by atoms with Crippen LogP contribution < -0.4 is 5.32 Å². The summed E-state index contributed by atoms with van der Waals surface area (Å²) in [7, 11) is 0. The van der Waals surface area contributed by atoms with Crippen molar-refractivity contribution >= 4 is 6.09 Å². The van der Waals surface area contributed by atoms with E-state index in [1.54, 1.807) is 0 Å². The summed E-state index contributed by atoms with van der Waals surface area (Å²) in [6.45, 7) is 7.92. The molecule has 3 rings (SSSR count). The molecule has 1 amide bonds. The molecule has 2 fully saturated rings. The average molecular weight is 363 g/mol. The molecule has 2 atom stereocenters. The average Bonchev–Trinajstić information content (AvgIpc) is 2.71. The smallest absolute Gasteiger partial charge is 0.407 e. The number of rotatable bonds is 5. The van der Waals surface area contributed by atoms with Crippen molar-refractivity contribution in [2.45, 2.75) is 71.4 Å². The molecule has 1 unspecified atom stereocenters. The van der Waals surface area contributed by atoms with Crippen LogP contribution in [0.4, 0.5) is 4.79 Å². The van der Waals surface area contributed by atoms with Gasteiger partial charge in [-0.05, 0) is 50.3 Å². The van der Waals surface area contributed by atoms with Crippen molar-refractivity contribution in [3.63, 3.8) is 0 Å². The van der Waals surface area contributed by atoms with Crippen molar-refractivity contribution < 1.29 is 11.0 Å². The van der Waals surface area contributed by atoms with Crippen LogP contribution in [-0.2, 0) is 11.3 Å². The minimum Gasteiger partial charge on any atom is -0.445 e. The van der Waals surface area contributed by atoms with Gasteiger partial charge in [-0.1, -0.05) is 63.4 Å². The molecule has 1 N–H and O–H groups in total. The molecule has 4 heteroatoms. The maximum absolute atomic E-state index is 12.2. The lowest BCUT2D eigenvalue weighted by atomic mass is 9.84. The normalized spacial score (nSPS) is 23.5. The lowest BCUT2D eigenvalue weighted by Crippen LogP contribution is -2.47. The zero-order valence-electron chi connectivity index (χ0n) is 16.6. The minimum absolute atomic E-state index is 0. The molecule has 1 heterocycles. The van der Waals surface area contributed by atoms with Crippen LogP contribution in [0.3, 0.4) is 0 Å². The molecule has 1 aliphatic carbocycles. The summed E-state index contributed by atoms with van der Waals surface area (Å²) < 4.78 is 5.41. The Labute approximate surface area is 160 Å². The molecule has 1 aromatic carbocycles. The van der Waals surface area contributed by atoms with E-state index in [0.29, 0.717) is 12.5 Å². The van der Waals surface area contributed by atoms with Gasteiger partial charge in [-0.25, -0.2) is 4.79 Å². The van der Waals surface area contributed by atoms with Crippen LogP contribution in [0, 0.1) is 5.92 Å². The van der Waals surface area contributed by atoms with Crippen LogP contribution in [0.5, 0.6) is 0 Å². The van der Waals surface area contributed by atoms with Gasteiger partial charge >= 0.3 is 6.09 Å². The lowest BCUT2D eigenvalue weighted by Gasteiger charge is -2.37. The number of nitrogens with one attached hydrogen (secondary N) is 1. The fourth-order valence-electron chi connectivity index (χ4n) is 4.01. The summed E-state index contributed by atoms with van der Waals surface area (Å²) in [6.07, 6.45) is 8.55. The Hall–Kier alpha value is -1.55. The highest BCUT2D eigenvalue weighted by molar-refractivity contribution is 5.67. The van der Waals surface area contributed by atoms with Gasteiger partial charge in [-0.15, -0.1) is 0 Å². The molecule has 148 valence electrons. The molecule has 4 nitrogen and oxygen atoms in total. The third kappa shape index (κ3) is 6.99. The Morgan fingerprint density at radius 1 is 1.08 bits per heavy atom. The third-order valence-corrected chi connectivity index (χ3v) is 5.37. The molecule has 1 saturated heterocycles. The Kier molecular flexibility index (Phi) is 9.54. The largest absolute Gasteiger partial charge is 0.445 e. The number of ether oxygens (including phenoxy) is 1. The molecule has 0 radical (unpaired) electrons. The molecule has 0 spiro atoms. The SMILES string of the molecule is CC.O=C(NC1CCCC[C@H]1CN1CCCCC1)OCc1ccccc1.[HH]. The number of likely N-dealkylation sites (tertiary alicyclic amines) is 1. The fourth-order valence-corrected chi connectivity index (χ4v) is 4.01. The predicted octanol–water partition coefficient (Wildman–Crippen LogP) is 5.23. The van der Waals surface area contributed by atoms with Crippen LogP contribution in [0.15, 0.2) is 30.3 Å². The Bertz CT molecular complexity index is 506. The second-order valence-corrected chi connectivity index (χ2v) is 7.22. The summed E-state index contributed by atoms with van der Waals surface area (Å²) in [5, 5.41) is 3.14. The van der Waals surface area contributed by atoms with Crippen LogP contribution >= 0.6 is 0 Å². The highest BCUT2D eigenvalue weighted by atomic mass is 16.5. The number of nitrogens with zero attached hydrogens (tertiary/aromatic N) is 1. The van der Waals surface area contributed by atoms with Gasteiger partial charge < -0.3 is 15.0 Å². The first-order chi connectivity index (χ1) is 12.8. The molecule has 0 bridgehead atoms. The van der Waals surface area contributed by atoms with E-state index in [1.165, 1.54) is 51.6 Å². The molecule has 1 saturated carbocycles. The Balaban J connectivity index is 0.00000118. The maximum atomic E-state index is 12.2. The summed E-state index contributed by atoms with van der Waals surface area (Å²) in [4.78, 5) is 14.8. The summed E-state index contributed by atoms with van der Waals surface area (Å²) in [5.41, 5.74) is 1.03. The summed E-state index contributed by atoms with van der Waals surface area (Å²) >= 11 is 0. The molecule has 1 aromatic rings. The molecule has 26 heavy (non-hydrogen) atoms. The lowest BCUT2D eigenvalue weighted by molar-refractivity contribution is 0.114. The number of carbonyl (C=O) groups is 1. The van der Waals surface area contributed by atoms with Gasteiger partial charge in [0.25, 0.3) is 0 Å². The number of alkyl carbamates (subject to hydrolysis) is 1. The monoisotopic (exact) mass is 362 g/mol. The van der Waals surface area contributed by atoms with E-state index in [-0.39, 0.29) is 13.6 Å². The van der Waals surface area contributed by atoms with Crippen LogP contribution in [0.2, 0.25) is 0 Å². The van der Waals surface area contributed by atoms with Gasteiger partial charge in [-0.3, -0.25) is 0 Å². The molecular formula is C22H38N2O2. The van der Waals surface area contributed by atoms with Crippen molar-refractivity contribution in [3.8, 4) is 0 Å². The van der Waals surface area contributed by atoms with Gasteiger partial charge in [-0.2, -0.15) is 0 Å². The van der Waals surface area contributed by atoms with E-state index in [0.717, 1.165) is 18.5 Å². The fraction of sp³-hybridized carbons (Fsp3) is 0.682. The van der Waals surface area contributed by atoms with E-state index in [9.17, 15) is 4.79 Å². The Morgan fingerprint density at radius 3 is 2.50 bits per heavy atom. The van der Waals surface area contributed by atoms with Crippen molar-refractivity contribution in [2.24, 2.45) is 5.92 Å². The highest BCUT2D eigenvalue weighted by Gasteiger charge is 2.28. The van der Waals surface area contributed by atoms with Crippen molar-refractivity contribution in [1.82, 2.24) is 10.2 Å².